The number of rotatable bonds is 3. The Hall–Kier alpha value is -1.14. The van der Waals surface area contributed by atoms with Crippen LogP contribution in [0.4, 0.5) is 0 Å². The van der Waals surface area contributed by atoms with E-state index in [0.29, 0.717) is 11.8 Å². The van der Waals surface area contributed by atoms with Gasteiger partial charge in [0.25, 0.3) is 0 Å². The third kappa shape index (κ3) is 3.31. The highest BCUT2D eigenvalue weighted by Crippen LogP contribution is 2.14. The van der Waals surface area contributed by atoms with E-state index in [1.807, 2.05) is 6.21 Å². The van der Waals surface area contributed by atoms with E-state index in [1.165, 1.54) is 0 Å². The second kappa shape index (κ2) is 4.92. The molecule has 0 N–H and O–H groups in total. The minimum atomic E-state index is 0.426. The summed E-state index contributed by atoms with van der Waals surface area (Å²) in [6.07, 6.45) is 4.68. The molecule has 0 saturated heterocycles. The number of aliphatic imine (C=N–C) groups is 2. The molecule has 0 bridgehead atoms. The number of hydrogen-bond acceptors (Lipinski definition) is 2. The van der Waals surface area contributed by atoms with Gasteiger partial charge in [-0.2, -0.15) is 0 Å². The van der Waals surface area contributed by atoms with Crippen molar-refractivity contribution in [3.8, 4) is 0 Å². The minimum Gasteiger partial charge on any atom is -0.258 e. The lowest BCUT2D eigenvalue weighted by Crippen LogP contribution is -1.94. The normalized spacial score (nSPS) is 15.9. The molecule has 76 valence electrons. The Bertz CT molecular complexity index is 313. The van der Waals surface area contributed by atoms with Crippen molar-refractivity contribution in [3.05, 3.63) is 17.5 Å². The van der Waals surface area contributed by atoms with E-state index in [1.54, 1.807) is 6.20 Å². The molecule has 0 aromatic carbocycles. The summed E-state index contributed by atoms with van der Waals surface area (Å²) in [5.41, 5.74) is 2.11. The highest BCUT2D eigenvalue weighted by molar-refractivity contribution is 5.91. The van der Waals surface area contributed by atoms with Gasteiger partial charge in [0.05, 0.1) is 11.9 Å². The maximum Gasteiger partial charge on any atom is 0.0619 e. The molecule has 0 aliphatic carbocycles. The standard InChI is InChI=1S/C12H18N2/c1-9(2)5-11-6-13-8-12(10(3)4)14-7-11/h7-10H,5H2,1-4H3. The van der Waals surface area contributed by atoms with E-state index in [-0.39, 0.29) is 0 Å². The molecule has 1 heterocycles. The summed E-state index contributed by atoms with van der Waals surface area (Å²) in [4.78, 5) is 8.53. The van der Waals surface area contributed by atoms with Gasteiger partial charge in [-0.25, -0.2) is 4.99 Å². The average Bonchev–Trinajstić information content (AvgIpc) is 2.28. The Balaban J connectivity index is 2.73. The van der Waals surface area contributed by atoms with E-state index in [9.17, 15) is 0 Å². The summed E-state index contributed by atoms with van der Waals surface area (Å²) in [5, 5.41) is 0. The van der Waals surface area contributed by atoms with E-state index in [4.69, 9.17) is 0 Å². The first-order valence-corrected chi connectivity index (χ1v) is 5.15. The largest absolute Gasteiger partial charge is 0.258 e. The van der Waals surface area contributed by atoms with Gasteiger partial charge in [-0.1, -0.05) is 27.7 Å². The van der Waals surface area contributed by atoms with Gasteiger partial charge in [0.1, 0.15) is 0 Å². The van der Waals surface area contributed by atoms with Gasteiger partial charge in [0.15, 0.2) is 0 Å². The van der Waals surface area contributed by atoms with Crippen molar-refractivity contribution in [2.75, 3.05) is 0 Å². The first-order valence-electron chi connectivity index (χ1n) is 5.15. The fourth-order valence-corrected chi connectivity index (χ4v) is 1.23. The van der Waals surface area contributed by atoms with E-state index >= 15 is 0 Å². The predicted octanol–water partition coefficient (Wildman–Crippen LogP) is 3.21. The van der Waals surface area contributed by atoms with E-state index in [2.05, 4.69) is 43.5 Å². The van der Waals surface area contributed by atoms with Crippen molar-refractivity contribution in [2.45, 2.75) is 34.1 Å². The Labute approximate surface area is 86.2 Å². The number of nitrogens with zero attached hydrogens (tertiary/aromatic N) is 2. The van der Waals surface area contributed by atoms with Crippen molar-refractivity contribution in [3.63, 3.8) is 0 Å². The average molecular weight is 190 g/mol. The molecule has 14 heavy (non-hydrogen) atoms. The van der Waals surface area contributed by atoms with Crippen molar-refractivity contribution in [2.24, 2.45) is 21.8 Å². The molecule has 0 atom stereocenters. The molecule has 1 aliphatic rings. The van der Waals surface area contributed by atoms with Crippen LogP contribution in [0, 0.1) is 11.8 Å². The third-order valence-corrected chi connectivity index (χ3v) is 1.99. The van der Waals surface area contributed by atoms with E-state index < -0.39 is 0 Å². The van der Waals surface area contributed by atoms with Crippen LogP contribution in [0.25, 0.3) is 0 Å². The van der Waals surface area contributed by atoms with Crippen LogP contribution in [0.1, 0.15) is 34.1 Å². The predicted molar refractivity (Wildman–Crippen MR) is 61.8 cm³/mol. The monoisotopic (exact) mass is 190 g/mol. The molecule has 1 aliphatic heterocycles. The Morgan fingerprint density at radius 3 is 2.57 bits per heavy atom. The highest BCUT2D eigenvalue weighted by Gasteiger charge is 2.04. The molecule has 0 aromatic rings. The molecular formula is C12H18N2. The van der Waals surface area contributed by atoms with Gasteiger partial charge in [-0.05, 0) is 24.1 Å². The molecule has 0 radical (unpaired) electrons. The molecule has 0 amide bonds. The fourth-order valence-electron chi connectivity index (χ4n) is 1.23. The SMILES string of the molecule is CC(C)CC1=C=NC=C(C(C)C)N=C1. The van der Waals surface area contributed by atoms with Crippen LogP contribution >= 0.6 is 0 Å². The lowest BCUT2D eigenvalue weighted by Gasteiger charge is -2.03. The Kier molecular flexibility index (Phi) is 3.84. The minimum absolute atomic E-state index is 0.426. The highest BCUT2D eigenvalue weighted by atomic mass is 14.8. The van der Waals surface area contributed by atoms with Gasteiger partial charge in [-0.15, -0.1) is 0 Å². The van der Waals surface area contributed by atoms with Gasteiger partial charge < -0.3 is 0 Å². The summed E-state index contributed by atoms with van der Waals surface area (Å²) < 4.78 is 0. The van der Waals surface area contributed by atoms with Crippen LogP contribution in [-0.4, -0.2) is 12.1 Å². The Morgan fingerprint density at radius 1 is 1.29 bits per heavy atom. The number of hydrogen-bond donors (Lipinski definition) is 0. The fraction of sp³-hybridized carbons (Fsp3) is 0.583. The summed E-state index contributed by atoms with van der Waals surface area (Å²) in [5.74, 6) is 4.06. The summed E-state index contributed by atoms with van der Waals surface area (Å²) in [6.45, 7) is 8.60. The molecule has 0 saturated carbocycles. The zero-order chi connectivity index (χ0) is 10.6. The number of allylic oxidation sites excluding steroid dienone is 2. The topological polar surface area (TPSA) is 24.7 Å². The summed E-state index contributed by atoms with van der Waals surface area (Å²) >= 11 is 0. The molecule has 2 heteroatoms. The van der Waals surface area contributed by atoms with Crippen LogP contribution in [-0.2, 0) is 0 Å². The molecule has 0 unspecified atom stereocenters. The quantitative estimate of drug-likeness (QED) is 0.653. The van der Waals surface area contributed by atoms with Crippen molar-refractivity contribution >= 4 is 12.1 Å². The molecule has 2 nitrogen and oxygen atoms in total. The summed E-state index contributed by atoms with van der Waals surface area (Å²) in [7, 11) is 0. The van der Waals surface area contributed by atoms with Crippen molar-refractivity contribution < 1.29 is 0 Å². The van der Waals surface area contributed by atoms with Crippen LogP contribution < -0.4 is 0 Å². The first-order chi connectivity index (χ1) is 6.59. The maximum absolute atomic E-state index is 4.40. The molecule has 0 spiro atoms. The van der Waals surface area contributed by atoms with Gasteiger partial charge in [-0.3, -0.25) is 4.99 Å². The van der Waals surface area contributed by atoms with Gasteiger partial charge in [0.2, 0.25) is 0 Å². The maximum atomic E-state index is 4.40. The molecule has 0 aromatic heterocycles. The molecular weight excluding hydrogens is 172 g/mol. The van der Waals surface area contributed by atoms with Crippen LogP contribution in [0.2, 0.25) is 0 Å². The van der Waals surface area contributed by atoms with Crippen molar-refractivity contribution in [1.29, 1.82) is 0 Å². The second-order valence-corrected chi connectivity index (χ2v) is 4.33. The second-order valence-electron chi connectivity index (χ2n) is 4.33. The van der Waals surface area contributed by atoms with Crippen molar-refractivity contribution in [1.82, 2.24) is 0 Å². The smallest absolute Gasteiger partial charge is 0.0619 e. The zero-order valence-corrected chi connectivity index (χ0v) is 9.41. The van der Waals surface area contributed by atoms with Crippen LogP contribution in [0.3, 0.4) is 0 Å². The van der Waals surface area contributed by atoms with Crippen LogP contribution in [0.5, 0.6) is 0 Å². The molecule has 1 rings (SSSR count). The lowest BCUT2D eigenvalue weighted by molar-refractivity contribution is 0.658. The van der Waals surface area contributed by atoms with Gasteiger partial charge in [0, 0.05) is 11.8 Å². The molecule has 0 fully saturated rings. The first kappa shape index (κ1) is 10.9. The Morgan fingerprint density at radius 2 is 2.00 bits per heavy atom. The summed E-state index contributed by atoms with van der Waals surface area (Å²) in [6, 6.07) is 0. The zero-order valence-electron chi connectivity index (χ0n) is 9.41. The van der Waals surface area contributed by atoms with E-state index in [0.717, 1.165) is 17.7 Å². The van der Waals surface area contributed by atoms with Crippen LogP contribution in [0.15, 0.2) is 27.5 Å². The third-order valence-electron chi connectivity index (χ3n) is 1.99. The lowest BCUT2D eigenvalue weighted by atomic mass is 10.1. The van der Waals surface area contributed by atoms with Gasteiger partial charge >= 0.3 is 0 Å².